The number of rotatable bonds is 39. The first-order valence-electron chi connectivity index (χ1n) is 21.1. The number of hydrogen-bond donors (Lipinski definition) is 2. The smallest absolute Gasteiger partial charge is 0.457 e. The molecule has 0 aromatic carbocycles. The van der Waals surface area contributed by atoms with E-state index >= 15 is 0 Å². The quantitative estimate of drug-likeness (QED) is 0.0274. The van der Waals surface area contributed by atoms with Gasteiger partial charge >= 0.3 is 13.8 Å². The molecule has 3 N–H and O–H groups in total. The van der Waals surface area contributed by atoms with Crippen LogP contribution in [-0.2, 0) is 27.9 Å². The van der Waals surface area contributed by atoms with Gasteiger partial charge in [0.1, 0.15) is 6.10 Å². The number of phosphoric acid groups is 1. The third kappa shape index (κ3) is 40.9. The number of ether oxygens (including phenoxy) is 2. The van der Waals surface area contributed by atoms with E-state index in [1.54, 1.807) is 0 Å². The first kappa shape index (κ1) is 51.7. The fourth-order valence-corrected chi connectivity index (χ4v) is 5.99. The SMILES string of the molecule is CC/C=C\C/C=C\C/C=C\C/C=C\CCCCCOCC(COP(=O)(O)OCCN)OC(=O)CCCCCCCC/C=C\C/C=C\C/C=C\CCCCC. The van der Waals surface area contributed by atoms with Crippen molar-refractivity contribution in [2.45, 2.75) is 161 Å². The Kier molecular flexibility index (Phi) is 40.0. The molecule has 0 aliphatic carbocycles. The van der Waals surface area contributed by atoms with Crippen LogP contribution in [0.2, 0.25) is 0 Å². The normalized spacial score (nSPS) is 14.4. The Morgan fingerprint density at radius 2 is 1.04 bits per heavy atom. The number of phosphoric ester groups is 1. The summed E-state index contributed by atoms with van der Waals surface area (Å²) in [5.74, 6) is -0.358. The summed E-state index contributed by atoms with van der Waals surface area (Å²) < 4.78 is 33.4. The second-order valence-electron chi connectivity index (χ2n) is 13.5. The molecule has 0 aromatic heterocycles. The number of carbonyl (C=O) groups excluding carboxylic acids is 1. The summed E-state index contributed by atoms with van der Waals surface area (Å²) >= 11 is 0. The zero-order valence-electron chi connectivity index (χ0n) is 34.2. The molecule has 0 aliphatic rings. The van der Waals surface area contributed by atoms with Crippen molar-refractivity contribution in [3.63, 3.8) is 0 Å². The second-order valence-corrected chi connectivity index (χ2v) is 14.9. The maximum Gasteiger partial charge on any atom is 0.472 e. The molecular weight excluding hydrogens is 697 g/mol. The Bertz CT molecular complexity index is 1100. The van der Waals surface area contributed by atoms with Crippen molar-refractivity contribution in [1.29, 1.82) is 0 Å². The van der Waals surface area contributed by atoms with Crippen LogP contribution in [0.1, 0.15) is 155 Å². The van der Waals surface area contributed by atoms with Crippen LogP contribution in [-0.4, -0.2) is 49.9 Å². The van der Waals surface area contributed by atoms with E-state index in [0.717, 1.165) is 96.3 Å². The van der Waals surface area contributed by atoms with E-state index in [9.17, 15) is 14.3 Å². The monoisotopic (exact) mass is 776 g/mol. The summed E-state index contributed by atoms with van der Waals surface area (Å²) in [6, 6.07) is 0. The minimum atomic E-state index is -4.29. The lowest BCUT2D eigenvalue weighted by Gasteiger charge is -2.20. The van der Waals surface area contributed by atoms with Crippen LogP contribution in [0.4, 0.5) is 0 Å². The van der Waals surface area contributed by atoms with Crippen molar-refractivity contribution in [1.82, 2.24) is 0 Å². The standard InChI is InChI=1S/C45H78NO7P/c1-3-5-7-9-11-13-15-17-19-21-22-23-24-26-28-30-32-34-36-38-45(47)53-44(43-52-54(48,49)51-41-39-46)42-50-40-37-35-33-31-29-27-25-20-18-16-14-12-10-8-6-4-2/h6,8,11-14,17-20,22-23,27,29,44H,3-5,7,9-10,15-16,21,24-26,28,30-43,46H2,1-2H3,(H,48,49)/b8-6-,13-11-,14-12-,19-17-,20-18-,23-22-,29-27-. The summed E-state index contributed by atoms with van der Waals surface area (Å²) in [5.41, 5.74) is 5.36. The molecular formula is C45H78NO7P. The lowest BCUT2D eigenvalue weighted by atomic mass is 10.1. The van der Waals surface area contributed by atoms with Crippen LogP contribution in [0.5, 0.6) is 0 Å². The fraction of sp³-hybridized carbons (Fsp3) is 0.667. The van der Waals surface area contributed by atoms with Gasteiger partial charge in [0.2, 0.25) is 0 Å². The topological polar surface area (TPSA) is 117 Å². The highest BCUT2D eigenvalue weighted by Gasteiger charge is 2.25. The molecule has 0 aliphatic heterocycles. The molecule has 0 rings (SSSR count). The van der Waals surface area contributed by atoms with E-state index in [4.69, 9.17) is 24.3 Å². The highest BCUT2D eigenvalue weighted by molar-refractivity contribution is 7.47. The van der Waals surface area contributed by atoms with Gasteiger partial charge in [-0.3, -0.25) is 13.8 Å². The van der Waals surface area contributed by atoms with Gasteiger partial charge in [-0.2, -0.15) is 0 Å². The van der Waals surface area contributed by atoms with Crippen molar-refractivity contribution in [2.75, 3.05) is 33.0 Å². The molecule has 8 nitrogen and oxygen atoms in total. The lowest BCUT2D eigenvalue weighted by Crippen LogP contribution is -2.28. The number of carbonyl (C=O) groups is 1. The maximum absolute atomic E-state index is 12.6. The molecule has 2 unspecified atom stereocenters. The van der Waals surface area contributed by atoms with Crippen molar-refractivity contribution < 1.29 is 32.8 Å². The number of esters is 1. The number of hydrogen-bond acceptors (Lipinski definition) is 7. The van der Waals surface area contributed by atoms with Crippen LogP contribution in [0, 0.1) is 0 Å². The van der Waals surface area contributed by atoms with E-state index in [1.165, 1.54) is 38.5 Å². The van der Waals surface area contributed by atoms with E-state index in [2.05, 4.69) is 98.9 Å². The Morgan fingerprint density at radius 3 is 1.56 bits per heavy atom. The van der Waals surface area contributed by atoms with Crippen LogP contribution in [0.3, 0.4) is 0 Å². The second kappa shape index (κ2) is 41.8. The Labute approximate surface area is 330 Å². The maximum atomic E-state index is 12.6. The van der Waals surface area contributed by atoms with Crippen molar-refractivity contribution in [3.05, 3.63) is 85.1 Å². The van der Waals surface area contributed by atoms with Gasteiger partial charge < -0.3 is 20.1 Å². The molecule has 0 fully saturated rings. The van der Waals surface area contributed by atoms with Gasteiger partial charge in [0.25, 0.3) is 0 Å². The van der Waals surface area contributed by atoms with Gasteiger partial charge in [-0.25, -0.2) is 4.57 Å². The Morgan fingerprint density at radius 1 is 0.574 bits per heavy atom. The minimum Gasteiger partial charge on any atom is -0.457 e. The predicted molar refractivity (Wildman–Crippen MR) is 228 cm³/mol. The van der Waals surface area contributed by atoms with Gasteiger partial charge in [-0.15, -0.1) is 0 Å². The van der Waals surface area contributed by atoms with Crippen LogP contribution in [0.25, 0.3) is 0 Å². The highest BCUT2D eigenvalue weighted by Crippen LogP contribution is 2.43. The average molecular weight is 776 g/mol. The summed E-state index contributed by atoms with van der Waals surface area (Å²) in [6.45, 7) is 4.65. The molecule has 0 radical (unpaired) electrons. The van der Waals surface area contributed by atoms with E-state index in [0.29, 0.717) is 13.0 Å². The van der Waals surface area contributed by atoms with Gasteiger partial charge in [0.15, 0.2) is 0 Å². The van der Waals surface area contributed by atoms with Gasteiger partial charge in [-0.1, -0.05) is 144 Å². The largest absolute Gasteiger partial charge is 0.472 e. The third-order valence-electron chi connectivity index (χ3n) is 8.30. The third-order valence-corrected chi connectivity index (χ3v) is 9.28. The minimum absolute atomic E-state index is 0.0841. The number of allylic oxidation sites excluding steroid dienone is 14. The zero-order chi connectivity index (χ0) is 39.5. The summed E-state index contributed by atoms with van der Waals surface area (Å²) in [6.07, 6.45) is 53.1. The fourth-order valence-electron chi connectivity index (χ4n) is 5.23. The summed E-state index contributed by atoms with van der Waals surface area (Å²) in [5, 5.41) is 0. The molecule has 0 aromatic rings. The summed E-state index contributed by atoms with van der Waals surface area (Å²) in [7, 11) is -4.29. The molecule has 0 amide bonds. The van der Waals surface area contributed by atoms with Crippen molar-refractivity contribution in [2.24, 2.45) is 5.73 Å². The van der Waals surface area contributed by atoms with Crippen LogP contribution in [0.15, 0.2) is 85.1 Å². The average Bonchev–Trinajstić information content (AvgIpc) is 3.16. The van der Waals surface area contributed by atoms with Gasteiger partial charge in [0, 0.05) is 19.6 Å². The van der Waals surface area contributed by atoms with Gasteiger partial charge in [0.05, 0.1) is 19.8 Å². The lowest BCUT2D eigenvalue weighted by molar-refractivity contribution is -0.154. The first-order chi connectivity index (χ1) is 26.4. The molecule has 0 saturated heterocycles. The molecule has 2 atom stereocenters. The predicted octanol–water partition coefficient (Wildman–Crippen LogP) is 12.5. The van der Waals surface area contributed by atoms with Crippen LogP contribution >= 0.6 is 7.82 Å². The van der Waals surface area contributed by atoms with E-state index in [-0.39, 0.29) is 32.3 Å². The molecule has 0 spiro atoms. The Hall–Kier alpha value is -2.32. The molecule has 9 heteroatoms. The first-order valence-corrected chi connectivity index (χ1v) is 22.6. The van der Waals surface area contributed by atoms with E-state index in [1.807, 2.05) is 0 Å². The van der Waals surface area contributed by atoms with Gasteiger partial charge in [-0.05, 0) is 89.9 Å². The number of unbranched alkanes of at least 4 members (excludes halogenated alkanes) is 12. The highest BCUT2D eigenvalue weighted by atomic mass is 31.2. The molecule has 54 heavy (non-hydrogen) atoms. The molecule has 0 saturated carbocycles. The molecule has 0 bridgehead atoms. The summed E-state index contributed by atoms with van der Waals surface area (Å²) in [4.78, 5) is 22.5. The van der Waals surface area contributed by atoms with Crippen molar-refractivity contribution in [3.8, 4) is 0 Å². The van der Waals surface area contributed by atoms with Crippen molar-refractivity contribution >= 4 is 13.8 Å². The van der Waals surface area contributed by atoms with Crippen LogP contribution < -0.4 is 5.73 Å². The molecule has 310 valence electrons. The molecule has 0 heterocycles. The number of nitrogens with two attached hydrogens (primary N) is 1. The Balaban J connectivity index is 4.16. The van der Waals surface area contributed by atoms with E-state index < -0.39 is 13.9 Å². The zero-order valence-corrected chi connectivity index (χ0v) is 35.1.